The van der Waals surface area contributed by atoms with Gasteiger partial charge in [0.25, 0.3) is 0 Å². The third-order valence-corrected chi connectivity index (χ3v) is 2.68. The summed E-state index contributed by atoms with van der Waals surface area (Å²) in [7, 11) is 0. The highest BCUT2D eigenvalue weighted by Crippen LogP contribution is 2.23. The summed E-state index contributed by atoms with van der Waals surface area (Å²) in [5, 5.41) is 20.7. The summed E-state index contributed by atoms with van der Waals surface area (Å²) in [4.78, 5) is 0. The molecule has 1 N–H and O–H groups in total. The topological polar surface area (TPSA) is 59.6 Å². The molecular formula is C14H17N3. The van der Waals surface area contributed by atoms with Gasteiger partial charge in [-0.2, -0.15) is 10.5 Å². The van der Waals surface area contributed by atoms with E-state index >= 15 is 0 Å². The van der Waals surface area contributed by atoms with Crippen molar-refractivity contribution in [3.63, 3.8) is 0 Å². The van der Waals surface area contributed by atoms with Gasteiger partial charge in [-0.1, -0.05) is 19.9 Å². The van der Waals surface area contributed by atoms with E-state index in [0.29, 0.717) is 12.0 Å². The Morgan fingerprint density at radius 3 is 2.71 bits per heavy atom. The number of hydrogen-bond donors (Lipinski definition) is 1. The number of nitrogens with one attached hydrogen (secondary N) is 1. The van der Waals surface area contributed by atoms with Gasteiger partial charge in [0.2, 0.25) is 0 Å². The van der Waals surface area contributed by atoms with E-state index in [-0.39, 0.29) is 5.41 Å². The maximum absolute atomic E-state index is 8.79. The molecule has 1 aromatic carbocycles. The Balaban J connectivity index is 2.55. The Labute approximate surface area is 103 Å². The van der Waals surface area contributed by atoms with E-state index < -0.39 is 0 Å². The maximum atomic E-state index is 8.79. The molecule has 0 amide bonds. The predicted octanol–water partition coefficient (Wildman–Crippen LogP) is 3.30. The van der Waals surface area contributed by atoms with Crippen molar-refractivity contribution in [1.82, 2.24) is 0 Å². The van der Waals surface area contributed by atoms with E-state index in [4.69, 9.17) is 10.5 Å². The zero-order valence-electron chi connectivity index (χ0n) is 10.3. The van der Waals surface area contributed by atoms with Gasteiger partial charge in [-0.25, -0.2) is 0 Å². The van der Waals surface area contributed by atoms with Crippen LogP contribution in [0.1, 0.15) is 32.3 Å². The van der Waals surface area contributed by atoms with Crippen LogP contribution in [0.5, 0.6) is 0 Å². The van der Waals surface area contributed by atoms with Gasteiger partial charge in [0.1, 0.15) is 0 Å². The van der Waals surface area contributed by atoms with Gasteiger partial charge in [0.15, 0.2) is 0 Å². The van der Waals surface area contributed by atoms with Crippen molar-refractivity contribution >= 4 is 5.69 Å². The fraction of sp³-hybridized carbons (Fsp3) is 0.429. The minimum Gasteiger partial charge on any atom is -0.384 e. The number of rotatable bonds is 5. The van der Waals surface area contributed by atoms with Gasteiger partial charge < -0.3 is 5.32 Å². The van der Waals surface area contributed by atoms with Gasteiger partial charge in [0, 0.05) is 18.7 Å². The first kappa shape index (κ1) is 13.1. The molecule has 0 unspecified atom stereocenters. The summed E-state index contributed by atoms with van der Waals surface area (Å²) >= 11 is 0. The summed E-state index contributed by atoms with van der Waals surface area (Å²) in [6, 6.07) is 11.7. The van der Waals surface area contributed by atoms with Crippen molar-refractivity contribution in [2.45, 2.75) is 26.7 Å². The molecule has 1 rings (SSSR count). The summed E-state index contributed by atoms with van der Waals surface area (Å²) in [5.74, 6) is 0. The first-order chi connectivity index (χ1) is 8.07. The largest absolute Gasteiger partial charge is 0.384 e. The Kier molecular flexibility index (Phi) is 4.55. The monoisotopic (exact) mass is 227 g/mol. The summed E-state index contributed by atoms with van der Waals surface area (Å²) in [6.07, 6.45) is 1.45. The molecule has 88 valence electrons. The van der Waals surface area contributed by atoms with Crippen LogP contribution in [0.3, 0.4) is 0 Å². The van der Waals surface area contributed by atoms with Crippen LogP contribution in [-0.4, -0.2) is 6.54 Å². The molecule has 0 saturated carbocycles. The lowest BCUT2D eigenvalue weighted by Gasteiger charge is -2.24. The van der Waals surface area contributed by atoms with Crippen molar-refractivity contribution in [1.29, 1.82) is 10.5 Å². The van der Waals surface area contributed by atoms with Crippen LogP contribution in [-0.2, 0) is 0 Å². The molecule has 0 aromatic heterocycles. The minimum absolute atomic E-state index is 0.0817. The maximum Gasteiger partial charge on any atom is 0.0992 e. The molecule has 0 aliphatic heterocycles. The lowest BCUT2D eigenvalue weighted by atomic mass is 9.88. The lowest BCUT2D eigenvalue weighted by molar-refractivity contribution is 0.364. The van der Waals surface area contributed by atoms with E-state index in [1.54, 1.807) is 6.07 Å². The summed E-state index contributed by atoms with van der Waals surface area (Å²) in [5.41, 5.74) is 1.69. The van der Waals surface area contributed by atoms with Crippen molar-refractivity contribution < 1.29 is 0 Å². The van der Waals surface area contributed by atoms with Crippen LogP contribution in [0, 0.1) is 28.1 Å². The Morgan fingerprint density at radius 2 is 2.06 bits per heavy atom. The molecule has 0 atom stereocenters. The van der Waals surface area contributed by atoms with Crippen molar-refractivity contribution in [2.24, 2.45) is 5.41 Å². The summed E-state index contributed by atoms with van der Waals surface area (Å²) in [6.45, 7) is 5.06. The summed E-state index contributed by atoms with van der Waals surface area (Å²) < 4.78 is 0. The Hall–Kier alpha value is -2.00. The molecule has 17 heavy (non-hydrogen) atoms. The van der Waals surface area contributed by atoms with Crippen molar-refractivity contribution in [3.8, 4) is 12.1 Å². The average Bonchev–Trinajstić information content (AvgIpc) is 2.34. The van der Waals surface area contributed by atoms with E-state index in [1.165, 1.54) is 0 Å². The molecule has 0 spiro atoms. The molecule has 0 aliphatic rings. The predicted molar refractivity (Wildman–Crippen MR) is 68.3 cm³/mol. The van der Waals surface area contributed by atoms with Crippen molar-refractivity contribution in [3.05, 3.63) is 29.8 Å². The third kappa shape index (κ3) is 4.57. The van der Waals surface area contributed by atoms with E-state index in [9.17, 15) is 0 Å². The molecular weight excluding hydrogens is 210 g/mol. The van der Waals surface area contributed by atoms with Gasteiger partial charge in [-0.3, -0.25) is 0 Å². The molecule has 3 nitrogen and oxygen atoms in total. The first-order valence-electron chi connectivity index (χ1n) is 5.68. The van der Waals surface area contributed by atoms with Crippen LogP contribution in [0.4, 0.5) is 5.69 Å². The zero-order chi connectivity index (χ0) is 12.7. The second-order valence-corrected chi connectivity index (χ2v) is 4.87. The Morgan fingerprint density at radius 1 is 1.29 bits per heavy atom. The molecule has 3 heteroatoms. The highest BCUT2D eigenvalue weighted by molar-refractivity contribution is 5.49. The highest BCUT2D eigenvalue weighted by atomic mass is 14.9. The normalized spacial score (nSPS) is 10.4. The van der Waals surface area contributed by atoms with Crippen LogP contribution >= 0.6 is 0 Å². The highest BCUT2D eigenvalue weighted by Gasteiger charge is 2.16. The number of nitriles is 2. The van der Waals surface area contributed by atoms with Gasteiger partial charge in [-0.15, -0.1) is 0 Å². The second-order valence-electron chi connectivity index (χ2n) is 4.87. The number of hydrogen-bond acceptors (Lipinski definition) is 3. The quantitative estimate of drug-likeness (QED) is 0.839. The van der Waals surface area contributed by atoms with Gasteiger partial charge in [0.05, 0.1) is 17.7 Å². The van der Waals surface area contributed by atoms with Crippen LogP contribution in [0.15, 0.2) is 24.3 Å². The fourth-order valence-electron chi connectivity index (χ4n) is 1.52. The molecule has 0 fully saturated rings. The molecule has 0 radical (unpaired) electrons. The van der Waals surface area contributed by atoms with Crippen LogP contribution < -0.4 is 5.32 Å². The number of nitrogens with zero attached hydrogens (tertiary/aromatic N) is 2. The van der Waals surface area contributed by atoms with Crippen LogP contribution in [0.25, 0.3) is 0 Å². The average molecular weight is 227 g/mol. The van der Waals surface area contributed by atoms with Gasteiger partial charge in [-0.05, 0) is 30.0 Å². The zero-order valence-corrected chi connectivity index (χ0v) is 10.3. The van der Waals surface area contributed by atoms with Gasteiger partial charge >= 0.3 is 0 Å². The minimum atomic E-state index is 0.0817. The molecule has 0 heterocycles. The number of benzene rings is 1. The lowest BCUT2D eigenvalue weighted by Crippen LogP contribution is -2.22. The SMILES string of the molecule is CC(C)(CCC#N)CNc1cccc(C#N)c1. The van der Waals surface area contributed by atoms with E-state index in [1.807, 2.05) is 18.2 Å². The molecule has 0 saturated heterocycles. The number of anilines is 1. The standard InChI is InChI=1S/C14H17N3/c1-14(2,7-4-8-15)11-17-13-6-3-5-12(9-13)10-16/h3,5-6,9,17H,4,7,11H2,1-2H3. The van der Waals surface area contributed by atoms with E-state index in [0.717, 1.165) is 18.7 Å². The Bertz CT molecular complexity index is 449. The molecule has 1 aromatic rings. The smallest absolute Gasteiger partial charge is 0.0992 e. The second kappa shape index (κ2) is 5.92. The van der Waals surface area contributed by atoms with Crippen molar-refractivity contribution in [2.75, 3.05) is 11.9 Å². The molecule has 0 aliphatic carbocycles. The van der Waals surface area contributed by atoms with E-state index in [2.05, 4.69) is 31.3 Å². The third-order valence-electron chi connectivity index (χ3n) is 2.68. The van der Waals surface area contributed by atoms with Crippen LogP contribution in [0.2, 0.25) is 0 Å². The molecule has 0 bridgehead atoms. The fourth-order valence-corrected chi connectivity index (χ4v) is 1.52. The first-order valence-corrected chi connectivity index (χ1v) is 5.68.